The molecule has 0 aromatic carbocycles. The zero-order valence-electron chi connectivity index (χ0n) is 10.5. The van der Waals surface area contributed by atoms with Crippen LogP contribution in [0.5, 0.6) is 0 Å². The topological polar surface area (TPSA) is 102 Å². The highest BCUT2D eigenvalue weighted by atomic mass is 16.5. The molecule has 1 aliphatic rings. The number of carbonyl (C=O) groups excluding carboxylic acids is 1. The van der Waals surface area contributed by atoms with E-state index in [-0.39, 0.29) is 25.7 Å². The minimum absolute atomic E-state index is 0.0252. The summed E-state index contributed by atoms with van der Waals surface area (Å²) in [5.41, 5.74) is 0.486. The van der Waals surface area contributed by atoms with Gasteiger partial charge in [0.1, 0.15) is 10.9 Å². The second-order valence-corrected chi connectivity index (χ2v) is 4.79. The van der Waals surface area contributed by atoms with Gasteiger partial charge in [-0.2, -0.15) is 0 Å². The van der Waals surface area contributed by atoms with Crippen molar-refractivity contribution in [3.05, 3.63) is 30.2 Å². The van der Waals surface area contributed by atoms with Gasteiger partial charge in [-0.05, 0) is 6.07 Å². The standard InChI is InChI=1S/C13H12N2O5/c16-11(15-5-13(12(17)18)6-19-7-13)8-3-10-9(14-4-8)1-2-20-10/h1-4H,5-7H2,(H,15,16)(H,17,18). The highest BCUT2D eigenvalue weighted by molar-refractivity contribution is 5.96. The lowest BCUT2D eigenvalue weighted by molar-refractivity contribution is -0.178. The maximum atomic E-state index is 12.0. The Labute approximate surface area is 113 Å². The Bertz CT molecular complexity index is 674. The summed E-state index contributed by atoms with van der Waals surface area (Å²) in [4.78, 5) is 27.2. The molecule has 2 N–H and O–H groups in total. The molecule has 1 aliphatic heterocycles. The molecule has 0 bridgehead atoms. The van der Waals surface area contributed by atoms with Crippen LogP contribution in [0.15, 0.2) is 29.0 Å². The van der Waals surface area contributed by atoms with Gasteiger partial charge in [-0.25, -0.2) is 0 Å². The van der Waals surface area contributed by atoms with Crippen LogP contribution in [0.25, 0.3) is 11.1 Å². The normalized spacial score (nSPS) is 16.6. The van der Waals surface area contributed by atoms with Crippen molar-refractivity contribution in [3.8, 4) is 0 Å². The monoisotopic (exact) mass is 276 g/mol. The molecule has 1 saturated heterocycles. The second-order valence-electron chi connectivity index (χ2n) is 4.79. The summed E-state index contributed by atoms with van der Waals surface area (Å²) in [5.74, 6) is -1.35. The van der Waals surface area contributed by atoms with Gasteiger partial charge in [-0.1, -0.05) is 0 Å². The number of aromatic nitrogens is 1. The van der Waals surface area contributed by atoms with Crippen molar-refractivity contribution in [2.45, 2.75) is 0 Å². The van der Waals surface area contributed by atoms with E-state index in [1.807, 2.05) is 0 Å². The lowest BCUT2D eigenvalue weighted by Crippen LogP contribution is -2.55. The van der Waals surface area contributed by atoms with Crippen LogP contribution in [-0.2, 0) is 9.53 Å². The Balaban J connectivity index is 1.71. The highest BCUT2D eigenvalue weighted by Crippen LogP contribution is 2.27. The quantitative estimate of drug-likeness (QED) is 0.850. The van der Waals surface area contributed by atoms with Gasteiger partial charge in [0.25, 0.3) is 5.91 Å². The molecule has 3 rings (SSSR count). The molecule has 0 radical (unpaired) electrons. The first-order valence-corrected chi connectivity index (χ1v) is 6.03. The summed E-state index contributed by atoms with van der Waals surface area (Å²) >= 11 is 0. The van der Waals surface area contributed by atoms with Gasteiger partial charge in [0.15, 0.2) is 5.58 Å². The molecule has 7 nitrogen and oxygen atoms in total. The van der Waals surface area contributed by atoms with Crippen LogP contribution in [0.2, 0.25) is 0 Å². The lowest BCUT2D eigenvalue weighted by atomic mass is 9.86. The van der Waals surface area contributed by atoms with Crippen LogP contribution in [0.4, 0.5) is 0 Å². The van der Waals surface area contributed by atoms with E-state index in [0.717, 1.165) is 0 Å². The van der Waals surface area contributed by atoms with Crippen molar-refractivity contribution in [3.63, 3.8) is 0 Å². The van der Waals surface area contributed by atoms with Gasteiger partial charge in [0, 0.05) is 18.8 Å². The largest absolute Gasteiger partial charge is 0.481 e. The molecule has 20 heavy (non-hydrogen) atoms. The average molecular weight is 276 g/mol. The minimum Gasteiger partial charge on any atom is -0.481 e. The average Bonchev–Trinajstić information content (AvgIpc) is 2.83. The van der Waals surface area contributed by atoms with Crippen LogP contribution in [0.3, 0.4) is 0 Å². The third-order valence-corrected chi connectivity index (χ3v) is 3.36. The van der Waals surface area contributed by atoms with Gasteiger partial charge >= 0.3 is 5.97 Å². The number of pyridine rings is 1. The van der Waals surface area contributed by atoms with E-state index in [1.54, 1.807) is 12.1 Å². The lowest BCUT2D eigenvalue weighted by Gasteiger charge is -2.37. The third kappa shape index (κ3) is 2.01. The summed E-state index contributed by atoms with van der Waals surface area (Å²) in [7, 11) is 0. The number of hydrogen-bond donors (Lipinski definition) is 2. The number of amides is 1. The molecule has 0 saturated carbocycles. The van der Waals surface area contributed by atoms with Gasteiger partial charge in [-0.3, -0.25) is 14.6 Å². The maximum Gasteiger partial charge on any atom is 0.316 e. The third-order valence-electron chi connectivity index (χ3n) is 3.36. The van der Waals surface area contributed by atoms with E-state index in [1.165, 1.54) is 12.5 Å². The predicted molar refractivity (Wildman–Crippen MR) is 67.2 cm³/mol. The molecule has 3 heterocycles. The molecule has 1 fully saturated rings. The number of nitrogens with zero attached hydrogens (tertiary/aromatic N) is 1. The van der Waals surface area contributed by atoms with Gasteiger partial charge in [0.05, 0.1) is 25.0 Å². The summed E-state index contributed by atoms with van der Waals surface area (Å²) < 4.78 is 10.1. The molecule has 104 valence electrons. The molecule has 2 aromatic heterocycles. The molecule has 0 spiro atoms. The van der Waals surface area contributed by atoms with Gasteiger partial charge < -0.3 is 19.6 Å². The Morgan fingerprint density at radius 1 is 1.45 bits per heavy atom. The predicted octanol–water partition coefficient (Wildman–Crippen LogP) is 0.659. The van der Waals surface area contributed by atoms with Crippen molar-refractivity contribution in [2.75, 3.05) is 19.8 Å². The number of carboxylic acids is 1. The number of carboxylic acid groups (broad SMARTS) is 1. The zero-order valence-corrected chi connectivity index (χ0v) is 10.5. The van der Waals surface area contributed by atoms with E-state index >= 15 is 0 Å². The summed E-state index contributed by atoms with van der Waals surface area (Å²) in [5, 5.41) is 11.7. The van der Waals surface area contributed by atoms with E-state index in [9.17, 15) is 9.59 Å². The van der Waals surface area contributed by atoms with Crippen molar-refractivity contribution in [2.24, 2.45) is 5.41 Å². The van der Waals surface area contributed by atoms with E-state index < -0.39 is 11.4 Å². The molecule has 2 aromatic rings. The molecule has 0 aliphatic carbocycles. The van der Waals surface area contributed by atoms with Gasteiger partial charge in [-0.15, -0.1) is 0 Å². The molecule has 7 heteroatoms. The number of furan rings is 1. The number of aliphatic carboxylic acids is 1. The SMILES string of the molecule is O=C(NCC1(C(=O)O)COC1)c1cnc2ccoc2c1. The summed E-state index contributed by atoms with van der Waals surface area (Å²) in [6.07, 6.45) is 2.92. The van der Waals surface area contributed by atoms with Crippen LogP contribution < -0.4 is 5.32 Å². The number of hydrogen-bond acceptors (Lipinski definition) is 5. The van der Waals surface area contributed by atoms with Crippen molar-refractivity contribution >= 4 is 23.0 Å². The first kappa shape index (κ1) is 12.6. The van der Waals surface area contributed by atoms with Crippen molar-refractivity contribution < 1.29 is 23.8 Å². The van der Waals surface area contributed by atoms with Crippen LogP contribution in [0.1, 0.15) is 10.4 Å². The minimum atomic E-state index is -1.02. The van der Waals surface area contributed by atoms with E-state index in [4.69, 9.17) is 14.3 Å². The van der Waals surface area contributed by atoms with Crippen LogP contribution in [0, 0.1) is 5.41 Å². The molecular formula is C13H12N2O5. The first-order valence-electron chi connectivity index (χ1n) is 6.03. The van der Waals surface area contributed by atoms with E-state index in [2.05, 4.69) is 10.3 Å². The van der Waals surface area contributed by atoms with Crippen LogP contribution >= 0.6 is 0 Å². The Morgan fingerprint density at radius 3 is 2.90 bits per heavy atom. The Hall–Kier alpha value is -2.41. The molecule has 0 atom stereocenters. The van der Waals surface area contributed by atoms with E-state index in [0.29, 0.717) is 16.7 Å². The fourth-order valence-electron chi connectivity index (χ4n) is 1.97. The number of fused-ring (bicyclic) bond motifs is 1. The van der Waals surface area contributed by atoms with Crippen molar-refractivity contribution in [1.29, 1.82) is 0 Å². The molecule has 1 amide bonds. The fourth-order valence-corrected chi connectivity index (χ4v) is 1.97. The summed E-state index contributed by atoms with van der Waals surface area (Å²) in [6.45, 7) is 0.244. The first-order chi connectivity index (χ1) is 9.61. The van der Waals surface area contributed by atoms with Crippen LogP contribution in [-0.4, -0.2) is 41.7 Å². The maximum absolute atomic E-state index is 12.0. The highest BCUT2D eigenvalue weighted by Gasteiger charge is 2.46. The van der Waals surface area contributed by atoms with Gasteiger partial charge in [0.2, 0.25) is 0 Å². The number of carbonyl (C=O) groups is 2. The molecular weight excluding hydrogens is 264 g/mol. The summed E-state index contributed by atoms with van der Waals surface area (Å²) in [6, 6.07) is 3.27. The Kier molecular flexibility index (Phi) is 2.90. The Morgan fingerprint density at radius 2 is 2.25 bits per heavy atom. The fraction of sp³-hybridized carbons (Fsp3) is 0.308. The number of ether oxygens (including phenoxy) is 1. The smallest absolute Gasteiger partial charge is 0.316 e. The second kappa shape index (κ2) is 4.61. The van der Waals surface area contributed by atoms with Crippen molar-refractivity contribution in [1.82, 2.24) is 10.3 Å². The zero-order chi connectivity index (χ0) is 14.2. The number of rotatable bonds is 4. The number of nitrogens with one attached hydrogen (secondary N) is 1. The molecule has 0 unspecified atom stereocenters.